The van der Waals surface area contributed by atoms with Crippen molar-refractivity contribution in [2.24, 2.45) is 0 Å². The fourth-order valence-electron chi connectivity index (χ4n) is 1.89. The first kappa shape index (κ1) is 17.2. The molecule has 0 aliphatic heterocycles. The van der Waals surface area contributed by atoms with E-state index in [1.807, 2.05) is 0 Å². The van der Waals surface area contributed by atoms with Crippen LogP contribution in [0.5, 0.6) is 17.2 Å². The van der Waals surface area contributed by atoms with Crippen LogP contribution in [0.4, 0.5) is 0 Å². The smallest absolute Gasteiger partial charge is 0.336 e. The van der Waals surface area contributed by atoms with Crippen molar-refractivity contribution >= 4 is 35.2 Å². The SMILES string of the molecule is COc1cccc(/C=C/C(=O)Oc2ccc(Cl)c(Cl)c2)c1OC. The van der Waals surface area contributed by atoms with Gasteiger partial charge in [-0.1, -0.05) is 35.3 Å². The van der Waals surface area contributed by atoms with Crippen molar-refractivity contribution in [3.05, 3.63) is 58.1 Å². The molecule has 0 radical (unpaired) electrons. The normalized spacial score (nSPS) is 10.6. The highest BCUT2D eigenvalue weighted by molar-refractivity contribution is 6.42. The molecule has 0 saturated heterocycles. The summed E-state index contributed by atoms with van der Waals surface area (Å²) in [6.45, 7) is 0. The Morgan fingerprint density at radius 3 is 2.48 bits per heavy atom. The monoisotopic (exact) mass is 352 g/mol. The molecule has 0 unspecified atom stereocenters. The molecule has 0 heterocycles. The van der Waals surface area contributed by atoms with Gasteiger partial charge in [-0.2, -0.15) is 0 Å². The number of carbonyl (C=O) groups excluding carboxylic acids is 1. The molecule has 0 aliphatic rings. The van der Waals surface area contributed by atoms with E-state index >= 15 is 0 Å². The zero-order chi connectivity index (χ0) is 16.8. The molecule has 4 nitrogen and oxygen atoms in total. The lowest BCUT2D eigenvalue weighted by Crippen LogP contribution is -2.03. The van der Waals surface area contributed by atoms with Crippen LogP contribution >= 0.6 is 23.2 Å². The molecule has 0 aromatic heterocycles. The van der Waals surface area contributed by atoms with Crippen LogP contribution in [0, 0.1) is 0 Å². The number of esters is 1. The van der Waals surface area contributed by atoms with Gasteiger partial charge < -0.3 is 14.2 Å². The standard InChI is InChI=1S/C17H14Cl2O4/c1-21-15-5-3-4-11(17(15)22-2)6-9-16(20)23-12-7-8-13(18)14(19)10-12/h3-10H,1-2H3/b9-6+. The second-order valence-corrected chi connectivity index (χ2v) is 5.23. The summed E-state index contributed by atoms with van der Waals surface area (Å²) in [5.41, 5.74) is 0.693. The van der Waals surface area contributed by atoms with Gasteiger partial charge in [0.15, 0.2) is 11.5 Å². The molecule has 2 aromatic rings. The second kappa shape index (κ2) is 7.90. The van der Waals surface area contributed by atoms with Crippen LogP contribution < -0.4 is 14.2 Å². The molecule has 0 atom stereocenters. The number of benzene rings is 2. The Balaban J connectivity index is 2.13. The van der Waals surface area contributed by atoms with Crippen LogP contribution in [0.25, 0.3) is 6.08 Å². The number of halogens is 2. The molecule has 0 aliphatic carbocycles. The third kappa shape index (κ3) is 4.41. The summed E-state index contributed by atoms with van der Waals surface area (Å²) in [7, 11) is 3.08. The number of hydrogen-bond acceptors (Lipinski definition) is 4. The average molecular weight is 353 g/mol. The summed E-state index contributed by atoms with van der Waals surface area (Å²) in [6, 6.07) is 9.95. The predicted octanol–water partition coefficient (Wildman–Crippen LogP) is 4.63. The zero-order valence-corrected chi connectivity index (χ0v) is 14.0. The molecule has 0 spiro atoms. The van der Waals surface area contributed by atoms with Crippen molar-refractivity contribution in [2.75, 3.05) is 14.2 Å². The molecule has 0 saturated carbocycles. The quantitative estimate of drug-likeness (QED) is 0.447. The largest absolute Gasteiger partial charge is 0.493 e. The van der Waals surface area contributed by atoms with Crippen LogP contribution in [0.15, 0.2) is 42.5 Å². The van der Waals surface area contributed by atoms with Crippen molar-refractivity contribution in [1.29, 1.82) is 0 Å². The summed E-state index contributed by atoms with van der Waals surface area (Å²) >= 11 is 11.7. The van der Waals surface area contributed by atoms with Gasteiger partial charge in [0.05, 0.1) is 24.3 Å². The van der Waals surface area contributed by atoms with Gasteiger partial charge in [-0.15, -0.1) is 0 Å². The first-order valence-corrected chi connectivity index (χ1v) is 7.36. The third-order valence-corrected chi connectivity index (χ3v) is 3.68. The maximum atomic E-state index is 11.9. The van der Waals surface area contributed by atoms with Crippen LogP contribution in [-0.2, 0) is 4.79 Å². The lowest BCUT2D eigenvalue weighted by molar-refractivity contribution is -0.128. The minimum absolute atomic E-state index is 0.312. The lowest BCUT2D eigenvalue weighted by Gasteiger charge is -2.09. The van der Waals surface area contributed by atoms with E-state index in [2.05, 4.69) is 0 Å². The number of para-hydroxylation sites is 1. The highest BCUT2D eigenvalue weighted by Gasteiger charge is 2.08. The number of hydrogen-bond donors (Lipinski definition) is 0. The Morgan fingerprint density at radius 1 is 1.04 bits per heavy atom. The first-order valence-electron chi connectivity index (χ1n) is 6.61. The number of ether oxygens (including phenoxy) is 3. The van der Waals surface area contributed by atoms with Crippen molar-refractivity contribution in [3.8, 4) is 17.2 Å². The van der Waals surface area contributed by atoms with Crippen LogP contribution in [-0.4, -0.2) is 20.2 Å². The predicted molar refractivity (Wildman–Crippen MR) is 90.7 cm³/mol. The van der Waals surface area contributed by atoms with Gasteiger partial charge in [-0.3, -0.25) is 0 Å². The van der Waals surface area contributed by atoms with E-state index in [4.69, 9.17) is 37.4 Å². The zero-order valence-electron chi connectivity index (χ0n) is 12.5. The Bertz CT molecular complexity index is 741. The molecule has 120 valence electrons. The van der Waals surface area contributed by atoms with Gasteiger partial charge in [0, 0.05) is 17.7 Å². The Morgan fingerprint density at radius 2 is 1.83 bits per heavy atom. The molecule has 0 fully saturated rings. The molecule has 2 rings (SSSR count). The molecular formula is C17H14Cl2O4. The van der Waals surface area contributed by atoms with Crippen molar-refractivity contribution in [1.82, 2.24) is 0 Å². The van der Waals surface area contributed by atoms with E-state index in [9.17, 15) is 4.79 Å². The first-order chi connectivity index (χ1) is 11.0. The van der Waals surface area contributed by atoms with E-state index < -0.39 is 5.97 Å². The van der Waals surface area contributed by atoms with Gasteiger partial charge in [-0.05, 0) is 24.3 Å². The van der Waals surface area contributed by atoms with Crippen LogP contribution in [0.2, 0.25) is 10.0 Å². The average Bonchev–Trinajstić information content (AvgIpc) is 2.55. The molecule has 23 heavy (non-hydrogen) atoms. The highest BCUT2D eigenvalue weighted by Crippen LogP contribution is 2.31. The van der Waals surface area contributed by atoms with E-state index in [0.29, 0.717) is 32.9 Å². The Kier molecular flexibility index (Phi) is 5.90. The Labute approximate surface area is 144 Å². The van der Waals surface area contributed by atoms with Gasteiger partial charge in [0.25, 0.3) is 0 Å². The summed E-state index contributed by atoms with van der Waals surface area (Å²) in [5.74, 6) is 0.876. The molecular weight excluding hydrogens is 339 g/mol. The molecule has 6 heteroatoms. The summed E-state index contributed by atoms with van der Waals surface area (Å²) in [6.07, 6.45) is 2.88. The lowest BCUT2D eigenvalue weighted by atomic mass is 10.1. The third-order valence-electron chi connectivity index (χ3n) is 2.94. The van der Waals surface area contributed by atoms with Gasteiger partial charge in [0.2, 0.25) is 0 Å². The van der Waals surface area contributed by atoms with E-state index in [0.717, 1.165) is 0 Å². The van der Waals surface area contributed by atoms with Crippen molar-refractivity contribution in [3.63, 3.8) is 0 Å². The number of carbonyl (C=O) groups is 1. The maximum absolute atomic E-state index is 11.9. The molecule has 0 amide bonds. The Hall–Kier alpha value is -2.17. The van der Waals surface area contributed by atoms with E-state index in [-0.39, 0.29) is 0 Å². The fraction of sp³-hybridized carbons (Fsp3) is 0.118. The minimum atomic E-state index is -0.548. The second-order valence-electron chi connectivity index (χ2n) is 4.41. The summed E-state index contributed by atoms with van der Waals surface area (Å²) in [5, 5.41) is 0.707. The number of rotatable bonds is 5. The topological polar surface area (TPSA) is 44.8 Å². The molecule has 0 N–H and O–H groups in total. The van der Waals surface area contributed by atoms with Crippen LogP contribution in [0.1, 0.15) is 5.56 Å². The van der Waals surface area contributed by atoms with E-state index in [1.54, 1.807) is 43.5 Å². The summed E-state index contributed by atoms with van der Waals surface area (Å²) < 4.78 is 15.6. The molecule has 0 bridgehead atoms. The highest BCUT2D eigenvalue weighted by atomic mass is 35.5. The fourth-order valence-corrected chi connectivity index (χ4v) is 2.18. The number of methoxy groups -OCH3 is 2. The van der Waals surface area contributed by atoms with Crippen LogP contribution in [0.3, 0.4) is 0 Å². The van der Waals surface area contributed by atoms with Gasteiger partial charge >= 0.3 is 5.97 Å². The molecule has 2 aromatic carbocycles. The van der Waals surface area contributed by atoms with Gasteiger partial charge in [0.1, 0.15) is 5.75 Å². The maximum Gasteiger partial charge on any atom is 0.336 e. The van der Waals surface area contributed by atoms with E-state index in [1.165, 1.54) is 19.3 Å². The summed E-state index contributed by atoms with van der Waals surface area (Å²) in [4.78, 5) is 11.9. The minimum Gasteiger partial charge on any atom is -0.493 e. The van der Waals surface area contributed by atoms with Crippen molar-refractivity contribution < 1.29 is 19.0 Å². The van der Waals surface area contributed by atoms with Crippen molar-refractivity contribution in [2.45, 2.75) is 0 Å². The van der Waals surface area contributed by atoms with Gasteiger partial charge in [-0.25, -0.2) is 4.79 Å².